The predicted octanol–water partition coefficient (Wildman–Crippen LogP) is -0.191. The van der Waals surface area contributed by atoms with Crippen LogP contribution in [0.4, 0.5) is 0 Å². The van der Waals surface area contributed by atoms with Gasteiger partial charge in [-0.15, -0.1) is 6.42 Å². The van der Waals surface area contributed by atoms with E-state index in [-0.39, 0.29) is 11.8 Å². The van der Waals surface area contributed by atoms with Crippen molar-refractivity contribution in [3.05, 3.63) is 0 Å². The Morgan fingerprint density at radius 3 is 2.64 bits per heavy atom. The number of Topliss-reactive ketones (excluding diaryl/α,β-unsaturated/α-hetero) is 1. The van der Waals surface area contributed by atoms with E-state index in [2.05, 4.69) is 5.92 Å². The second kappa shape index (κ2) is 2.75. The molecule has 1 aliphatic heterocycles. The number of likely N-dealkylation sites (tertiary alicyclic amines) is 1. The summed E-state index contributed by atoms with van der Waals surface area (Å²) in [5, 5.41) is 0. The van der Waals surface area contributed by atoms with E-state index in [1.54, 1.807) is 6.92 Å². The first-order chi connectivity index (χ1) is 5.16. The van der Waals surface area contributed by atoms with Gasteiger partial charge in [0, 0.05) is 13.0 Å². The summed E-state index contributed by atoms with van der Waals surface area (Å²) in [6.07, 6.45) is 5.41. The monoisotopic (exact) mass is 151 g/mol. The lowest BCUT2D eigenvalue weighted by molar-refractivity contribution is -0.140. The number of hydrogen-bond acceptors (Lipinski definition) is 2. The number of terminal acetylenes is 1. The van der Waals surface area contributed by atoms with Gasteiger partial charge in [0.15, 0.2) is 0 Å². The molecule has 1 saturated heterocycles. The van der Waals surface area contributed by atoms with Crippen molar-refractivity contribution in [3.63, 3.8) is 0 Å². The molecule has 0 aromatic carbocycles. The van der Waals surface area contributed by atoms with Crippen molar-refractivity contribution in [1.82, 2.24) is 4.90 Å². The molecule has 0 aromatic rings. The molecule has 1 fully saturated rings. The summed E-state index contributed by atoms with van der Waals surface area (Å²) in [6.45, 7) is 2.21. The van der Waals surface area contributed by atoms with E-state index >= 15 is 0 Å². The lowest BCUT2D eigenvalue weighted by Crippen LogP contribution is -2.34. The number of hydrogen-bond donors (Lipinski definition) is 0. The fraction of sp³-hybridized carbons (Fsp3) is 0.500. The quantitative estimate of drug-likeness (QED) is 0.385. The molecule has 0 aliphatic carbocycles. The maximum Gasteiger partial charge on any atom is 0.291 e. The van der Waals surface area contributed by atoms with Gasteiger partial charge in [-0.2, -0.15) is 0 Å². The maximum atomic E-state index is 11.0. The Kier molecular flexibility index (Phi) is 1.95. The normalized spacial score (nSPS) is 20.2. The van der Waals surface area contributed by atoms with Crippen LogP contribution in [0.25, 0.3) is 0 Å². The van der Waals surface area contributed by atoms with Gasteiger partial charge in [0.05, 0.1) is 6.04 Å². The van der Waals surface area contributed by atoms with Gasteiger partial charge in [-0.1, -0.05) is 5.92 Å². The summed E-state index contributed by atoms with van der Waals surface area (Å²) < 4.78 is 0. The van der Waals surface area contributed by atoms with Crippen molar-refractivity contribution in [3.8, 4) is 12.3 Å². The number of nitrogens with zero attached hydrogens (tertiary/aromatic N) is 1. The van der Waals surface area contributed by atoms with Crippen molar-refractivity contribution in [2.45, 2.75) is 19.4 Å². The molecule has 0 bridgehead atoms. The highest BCUT2D eigenvalue weighted by Gasteiger charge is 2.31. The van der Waals surface area contributed by atoms with Gasteiger partial charge in [-0.25, -0.2) is 0 Å². The van der Waals surface area contributed by atoms with Crippen molar-refractivity contribution < 1.29 is 9.59 Å². The van der Waals surface area contributed by atoms with Crippen molar-refractivity contribution in [2.75, 3.05) is 6.54 Å². The first-order valence-electron chi connectivity index (χ1n) is 3.46. The van der Waals surface area contributed by atoms with Crippen LogP contribution in [0.1, 0.15) is 13.3 Å². The van der Waals surface area contributed by atoms with Crippen molar-refractivity contribution in [1.29, 1.82) is 0 Å². The molecular weight excluding hydrogens is 142 g/mol. The Labute approximate surface area is 65.4 Å². The Bertz CT molecular complexity index is 239. The van der Waals surface area contributed by atoms with Crippen LogP contribution in [0.5, 0.6) is 0 Å². The molecule has 0 N–H and O–H groups in total. The first-order valence-corrected chi connectivity index (χ1v) is 3.46. The molecule has 0 aromatic heterocycles. The third kappa shape index (κ3) is 1.25. The maximum absolute atomic E-state index is 11.0. The van der Waals surface area contributed by atoms with Gasteiger partial charge in [0.25, 0.3) is 5.91 Å². The molecule has 0 radical (unpaired) electrons. The van der Waals surface area contributed by atoms with Gasteiger partial charge >= 0.3 is 0 Å². The zero-order valence-electron chi connectivity index (χ0n) is 6.33. The second-order valence-corrected chi connectivity index (χ2v) is 2.51. The lowest BCUT2D eigenvalue weighted by atomic mass is 10.3. The predicted molar refractivity (Wildman–Crippen MR) is 39.6 cm³/mol. The largest absolute Gasteiger partial charge is 0.322 e. The van der Waals surface area contributed by atoms with E-state index in [4.69, 9.17) is 6.42 Å². The fourth-order valence-electron chi connectivity index (χ4n) is 1.05. The molecule has 58 valence electrons. The molecule has 1 rings (SSSR count). The highest BCUT2D eigenvalue weighted by Crippen LogP contribution is 2.09. The van der Waals surface area contributed by atoms with Crippen molar-refractivity contribution >= 4 is 11.7 Å². The Balaban J connectivity index is 2.71. The summed E-state index contributed by atoms with van der Waals surface area (Å²) in [6, 6.07) is -0.256. The average Bonchev–Trinajstić information content (AvgIpc) is 2.32. The second-order valence-electron chi connectivity index (χ2n) is 2.51. The molecular formula is C8H9NO2. The molecule has 1 unspecified atom stereocenters. The molecule has 3 heteroatoms. The van der Waals surface area contributed by atoms with Crippen LogP contribution in [0, 0.1) is 12.3 Å². The van der Waals surface area contributed by atoms with Crippen LogP contribution in [-0.2, 0) is 9.59 Å². The third-order valence-corrected chi connectivity index (χ3v) is 1.79. The van der Waals surface area contributed by atoms with Crippen LogP contribution in [0.3, 0.4) is 0 Å². The smallest absolute Gasteiger partial charge is 0.291 e. The van der Waals surface area contributed by atoms with E-state index in [1.807, 2.05) is 0 Å². The van der Waals surface area contributed by atoms with Gasteiger partial charge < -0.3 is 4.90 Å². The number of carbonyl (C=O) groups is 2. The fourth-order valence-corrected chi connectivity index (χ4v) is 1.05. The van der Waals surface area contributed by atoms with E-state index in [9.17, 15) is 9.59 Å². The zero-order chi connectivity index (χ0) is 8.43. The lowest BCUT2D eigenvalue weighted by Gasteiger charge is -2.17. The van der Waals surface area contributed by atoms with Crippen LogP contribution >= 0.6 is 0 Å². The topological polar surface area (TPSA) is 37.4 Å². The van der Waals surface area contributed by atoms with Crippen LogP contribution in [-0.4, -0.2) is 29.2 Å². The van der Waals surface area contributed by atoms with E-state index in [1.165, 1.54) is 4.90 Å². The SMILES string of the molecule is C#CC(C)N1CCC(=O)C1=O. The summed E-state index contributed by atoms with van der Waals surface area (Å²) in [7, 11) is 0. The minimum atomic E-state index is -0.435. The van der Waals surface area contributed by atoms with Crippen molar-refractivity contribution in [2.24, 2.45) is 0 Å². The van der Waals surface area contributed by atoms with Gasteiger partial charge in [-0.05, 0) is 6.92 Å². The minimum Gasteiger partial charge on any atom is -0.322 e. The molecule has 3 nitrogen and oxygen atoms in total. The summed E-state index contributed by atoms with van der Waals surface area (Å²) in [5.41, 5.74) is 0. The average molecular weight is 151 g/mol. The number of carbonyl (C=O) groups excluding carboxylic acids is 2. The van der Waals surface area contributed by atoms with E-state index in [0.29, 0.717) is 13.0 Å². The molecule has 11 heavy (non-hydrogen) atoms. The highest BCUT2D eigenvalue weighted by atomic mass is 16.2. The number of amides is 1. The van der Waals surface area contributed by atoms with Crippen LogP contribution in [0.2, 0.25) is 0 Å². The first kappa shape index (κ1) is 7.80. The molecule has 1 aliphatic rings. The summed E-state index contributed by atoms with van der Waals surface area (Å²) in [5.74, 6) is 1.65. The molecule has 1 amide bonds. The molecule has 1 heterocycles. The van der Waals surface area contributed by atoms with E-state index in [0.717, 1.165) is 0 Å². The highest BCUT2D eigenvalue weighted by molar-refractivity contribution is 6.38. The number of ketones is 1. The summed E-state index contributed by atoms with van der Waals surface area (Å²) >= 11 is 0. The summed E-state index contributed by atoms with van der Waals surface area (Å²) in [4.78, 5) is 23.2. The van der Waals surface area contributed by atoms with Gasteiger partial charge in [0.1, 0.15) is 0 Å². The van der Waals surface area contributed by atoms with Crippen LogP contribution < -0.4 is 0 Å². The zero-order valence-corrected chi connectivity index (χ0v) is 6.33. The Morgan fingerprint density at radius 2 is 2.27 bits per heavy atom. The number of rotatable bonds is 1. The molecule has 0 saturated carbocycles. The van der Waals surface area contributed by atoms with Gasteiger partial charge in [0.2, 0.25) is 5.78 Å². The van der Waals surface area contributed by atoms with E-state index < -0.39 is 5.91 Å². The standard InChI is InChI=1S/C8H9NO2/c1-3-6(2)9-5-4-7(10)8(9)11/h1,6H,4-5H2,2H3. The molecule has 1 atom stereocenters. The minimum absolute atomic E-state index is 0.256. The Morgan fingerprint density at radius 1 is 1.64 bits per heavy atom. The van der Waals surface area contributed by atoms with Gasteiger partial charge in [-0.3, -0.25) is 9.59 Å². The third-order valence-electron chi connectivity index (χ3n) is 1.79. The molecule has 0 spiro atoms. The Hall–Kier alpha value is -1.30. The van der Waals surface area contributed by atoms with Crippen LogP contribution in [0.15, 0.2) is 0 Å².